The first-order valence-electron chi connectivity index (χ1n) is 7.00. The quantitative estimate of drug-likeness (QED) is 0.717. The summed E-state index contributed by atoms with van der Waals surface area (Å²) in [6.07, 6.45) is 0. The third kappa shape index (κ3) is 4.66. The Morgan fingerprint density at radius 2 is 2.19 bits per heavy atom. The Balaban J connectivity index is 2.24. The van der Waals surface area contributed by atoms with Crippen molar-refractivity contribution >= 4 is 28.8 Å². The van der Waals surface area contributed by atoms with E-state index in [1.165, 1.54) is 4.88 Å². The molecule has 0 saturated carbocycles. The highest BCUT2D eigenvalue weighted by Gasteiger charge is 2.15. The van der Waals surface area contributed by atoms with E-state index in [0.717, 1.165) is 12.4 Å². The van der Waals surface area contributed by atoms with Crippen LogP contribution in [0.25, 0.3) is 0 Å². The van der Waals surface area contributed by atoms with Crippen LogP contribution < -0.4 is 4.90 Å². The average Bonchev–Trinajstić information content (AvgIpc) is 2.94. The highest BCUT2D eigenvalue weighted by molar-refractivity contribution is 7.09. The highest BCUT2D eigenvalue weighted by Crippen LogP contribution is 2.22. The van der Waals surface area contributed by atoms with Crippen molar-refractivity contribution < 1.29 is 4.74 Å². The van der Waals surface area contributed by atoms with Crippen LogP contribution in [0.3, 0.4) is 0 Å². The fourth-order valence-corrected chi connectivity index (χ4v) is 2.85. The van der Waals surface area contributed by atoms with Crippen LogP contribution in [0.2, 0.25) is 5.15 Å². The van der Waals surface area contributed by atoms with Crippen molar-refractivity contribution in [1.82, 2.24) is 9.97 Å². The zero-order valence-corrected chi connectivity index (χ0v) is 14.1. The molecule has 0 amide bonds. The normalized spacial score (nSPS) is 11.1. The molecule has 6 heteroatoms. The Bertz CT molecular complexity index is 560. The van der Waals surface area contributed by atoms with Gasteiger partial charge in [0.05, 0.1) is 6.54 Å². The minimum Gasteiger partial charge on any atom is -0.374 e. The van der Waals surface area contributed by atoms with Crippen molar-refractivity contribution in [2.45, 2.75) is 40.0 Å². The topological polar surface area (TPSA) is 38.2 Å². The van der Waals surface area contributed by atoms with E-state index in [2.05, 4.69) is 46.2 Å². The van der Waals surface area contributed by atoms with Crippen molar-refractivity contribution in [3.63, 3.8) is 0 Å². The molecule has 0 aliphatic carbocycles. The molecule has 0 bridgehead atoms. The molecule has 2 aromatic rings. The van der Waals surface area contributed by atoms with E-state index in [1.54, 1.807) is 11.3 Å². The second kappa shape index (κ2) is 7.73. The van der Waals surface area contributed by atoms with Gasteiger partial charge >= 0.3 is 0 Å². The highest BCUT2D eigenvalue weighted by atomic mass is 35.5. The van der Waals surface area contributed by atoms with E-state index in [4.69, 9.17) is 16.3 Å². The van der Waals surface area contributed by atoms with Crippen molar-refractivity contribution in [2.75, 3.05) is 11.5 Å². The van der Waals surface area contributed by atoms with Crippen molar-refractivity contribution in [2.24, 2.45) is 0 Å². The monoisotopic (exact) mass is 325 g/mol. The van der Waals surface area contributed by atoms with Gasteiger partial charge in [-0.25, -0.2) is 9.97 Å². The first kappa shape index (κ1) is 16.2. The lowest BCUT2D eigenvalue weighted by molar-refractivity contribution is 0.128. The molecule has 0 aliphatic rings. The van der Waals surface area contributed by atoms with E-state index in [9.17, 15) is 0 Å². The van der Waals surface area contributed by atoms with Gasteiger partial charge in [-0.2, -0.15) is 0 Å². The van der Waals surface area contributed by atoms with Crippen LogP contribution in [0, 0.1) is 0 Å². The molecule has 2 rings (SSSR count). The lowest BCUT2D eigenvalue weighted by Gasteiger charge is -2.27. The second-order valence-corrected chi connectivity index (χ2v) is 6.32. The van der Waals surface area contributed by atoms with Gasteiger partial charge < -0.3 is 9.64 Å². The van der Waals surface area contributed by atoms with Gasteiger partial charge in [-0.05, 0) is 32.2 Å². The molecule has 114 valence electrons. The van der Waals surface area contributed by atoms with E-state index in [0.29, 0.717) is 30.2 Å². The van der Waals surface area contributed by atoms with Gasteiger partial charge in [-0.1, -0.05) is 17.7 Å². The summed E-state index contributed by atoms with van der Waals surface area (Å²) in [4.78, 5) is 12.3. The van der Waals surface area contributed by atoms with E-state index in [1.807, 2.05) is 13.0 Å². The molecule has 0 atom stereocenters. The molecule has 0 saturated heterocycles. The van der Waals surface area contributed by atoms with Crippen molar-refractivity contribution in [1.29, 1.82) is 0 Å². The van der Waals surface area contributed by atoms with Crippen LogP contribution in [0.4, 0.5) is 5.82 Å². The number of aromatic nitrogens is 2. The van der Waals surface area contributed by atoms with Crippen LogP contribution in [0.1, 0.15) is 31.5 Å². The van der Waals surface area contributed by atoms with Crippen molar-refractivity contribution in [3.05, 3.63) is 39.4 Å². The van der Waals surface area contributed by atoms with E-state index < -0.39 is 0 Å². The molecule has 2 heterocycles. The predicted octanol–water partition coefficient (Wildman–Crippen LogP) is 4.14. The van der Waals surface area contributed by atoms with Gasteiger partial charge in [0.25, 0.3) is 0 Å². The zero-order valence-electron chi connectivity index (χ0n) is 12.5. The standard InChI is InChI=1S/C15H20ClN3OS/c1-4-20-10-14-17-13(16)8-15(18-14)19(11(2)3)9-12-6-5-7-21-12/h5-8,11H,4,9-10H2,1-3H3. The SMILES string of the molecule is CCOCc1nc(Cl)cc(N(Cc2cccs2)C(C)C)n1. The Morgan fingerprint density at radius 1 is 1.38 bits per heavy atom. The van der Waals surface area contributed by atoms with Crippen LogP contribution in [-0.2, 0) is 17.9 Å². The number of halogens is 1. The van der Waals surface area contributed by atoms with Crippen LogP contribution in [0.15, 0.2) is 23.6 Å². The third-order valence-corrected chi connectivity index (χ3v) is 4.04. The summed E-state index contributed by atoms with van der Waals surface area (Å²) in [6.45, 7) is 8.07. The van der Waals surface area contributed by atoms with E-state index >= 15 is 0 Å². The van der Waals surface area contributed by atoms with Gasteiger partial charge in [0.2, 0.25) is 0 Å². The molecule has 0 radical (unpaired) electrons. The Kier molecular flexibility index (Phi) is 5.96. The van der Waals surface area contributed by atoms with Crippen LogP contribution in [-0.4, -0.2) is 22.6 Å². The number of rotatable bonds is 7. The maximum atomic E-state index is 6.13. The molecule has 0 aromatic carbocycles. The maximum Gasteiger partial charge on any atom is 0.158 e. The summed E-state index contributed by atoms with van der Waals surface area (Å²) >= 11 is 7.87. The van der Waals surface area contributed by atoms with E-state index in [-0.39, 0.29) is 0 Å². The molecule has 0 fully saturated rings. The molecular weight excluding hydrogens is 306 g/mol. The number of thiophene rings is 1. The maximum absolute atomic E-state index is 6.13. The average molecular weight is 326 g/mol. The third-order valence-electron chi connectivity index (χ3n) is 2.99. The first-order valence-corrected chi connectivity index (χ1v) is 8.26. The zero-order chi connectivity index (χ0) is 15.2. The minimum atomic E-state index is 0.318. The summed E-state index contributed by atoms with van der Waals surface area (Å²) in [5.41, 5.74) is 0. The summed E-state index contributed by atoms with van der Waals surface area (Å²) in [5, 5.41) is 2.54. The lowest BCUT2D eigenvalue weighted by Crippen LogP contribution is -2.31. The van der Waals surface area contributed by atoms with Gasteiger partial charge in [-0.3, -0.25) is 0 Å². The van der Waals surface area contributed by atoms with Gasteiger partial charge in [0.15, 0.2) is 5.82 Å². The smallest absolute Gasteiger partial charge is 0.158 e. The molecule has 4 nitrogen and oxygen atoms in total. The molecule has 0 N–H and O–H groups in total. The predicted molar refractivity (Wildman–Crippen MR) is 88.0 cm³/mol. The van der Waals surface area contributed by atoms with Crippen molar-refractivity contribution in [3.8, 4) is 0 Å². The Hall–Kier alpha value is -1.17. The molecule has 21 heavy (non-hydrogen) atoms. The number of anilines is 1. The van der Waals surface area contributed by atoms with Gasteiger partial charge in [-0.15, -0.1) is 11.3 Å². The molecular formula is C15H20ClN3OS. The summed E-state index contributed by atoms with van der Waals surface area (Å²) in [5.74, 6) is 1.46. The van der Waals surface area contributed by atoms with Gasteiger partial charge in [0, 0.05) is 23.6 Å². The molecule has 0 aliphatic heterocycles. The Morgan fingerprint density at radius 3 is 2.81 bits per heavy atom. The number of hydrogen-bond donors (Lipinski definition) is 0. The summed E-state index contributed by atoms with van der Waals surface area (Å²) in [6, 6.07) is 6.32. The van der Waals surface area contributed by atoms with Gasteiger partial charge in [0.1, 0.15) is 17.6 Å². The van der Waals surface area contributed by atoms with Crippen LogP contribution >= 0.6 is 22.9 Å². The summed E-state index contributed by atoms with van der Waals surface area (Å²) in [7, 11) is 0. The molecule has 2 aromatic heterocycles. The largest absolute Gasteiger partial charge is 0.374 e. The molecule has 0 unspecified atom stereocenters. The number of hydrogen-bond acceptors (Lipinski definition) is 5. The number of nitrogens with zero attached hydrogens (tertiary/aromatic N) is 3. The second-order valence-electron chi connectivity index (χ2n) is 4.90. The Labute approximate surface area is 134 Å². The fourth-order valence-electron chi connectivity index (χ4n) is 1.96. The first-order chi connectivity index (χ1) is 10.1. The fraction of sp³-hybridized carbons (Fsp3) is 0.467. The molecule has 0 spiro atoms. The number of ether oxygens (including phenoxy) is 1. The van der Waals surface area contributed by atoms with Crippen LogP contribution in [0.5, 0.6) is 0 Å². The lowest BCUT2D eigenvalue weighted by atomic mass is 10.3. The minimum absolute atomic E-state index is 0.318. The summed E-state index contributed by atoms with van der Waals surface area (Å²) < 4.78 is 5.38.